The van der Waals surface area contributed by atoms with Crippen molar-refractivity contribution in [2.45, 2.75) is 21.5 Å². The molecule has 1 N–H and O–H groups in total. The Bertz CT molecular complexity index is 295. The second-order valence-corrected chi connectivity index (χ2v) is 3.25. The van der Waals surface area contributed by atoms with E-state index in [1.165, 1.54) is 0 Å². The second kappa shape index (κ2) is 12.2. The molecular weight excluding hydrogens is 232 g/mol. The first-order chi connectivity index (χ1) is 7.86. The molecule has 0 spiro atoms. The molecule has 0 heterocycles. The number of aldehydes is 1. The van der Waals surface area contributed by atoms with Gasteiger partial charge in [0.2, 0.25) is 0 Å². The molecule has 4 heteroatoms. The van der Waals surface area contributed by atoms with Crippen LogP contribution in [0.2, 0.25) is 0 Å². The summed E-state index contributed by atoms with van der Waals surface area (Å²) in [7, 11) is 0. The van der Waals surface area contributed by atoms with Crippen LogP contribution in [0.3, 0.4) is 0 Å². The van der Waals surface area contributed by atoms with Gasteiger partial charge in [-0.15, -0.1) is 0 Å². The van der Waals surface area contributed by atoms with E-state index < -0.39 is 0 Å². The van der Waals surface area contributed by atoms with Crippen LogP contribution in [0.1, 0.15) is 30.8 Å². The van der Waals surface area contributed by atoms with Gasteiger partial charge in [0, 0.05) is 5.56 Å². The molecule has 0 aliphatic heterocycles. The minimum atomic E-state index is 0. The van der Waals surface area contributed by atoms with Gasteiger partial charge in [-0.05, 0) is 5.56 Å². The van der Waals surface area contributed by atoms with E-state index in [1.807, 2.05) is 12.1 Å². The smallest absolute Gasteiger partial charge is 0.150 e. The van der Waals surface area contributed by atoms with Crippen molar-refractivity contribution in [2.24, 2.45) is 0 Å². The highest BCUT2D eigenvalue weighted by Gasteiger charge is 1.94. The zero-order valence-electron chi connectivity index (χ0n) is 9.09. The summed E-state index contributed by atoms with van der Waals surface area (Å²) in [6.07, 6.45) is 0.813. The molecule has 0 atom stereocenters. The monoisotopic (exact) mass is 256 g/mol. The zero-order chi connectivity index (χ0) is 11.6. The number of carbonyl (C=O) groups is 1. The molecular formula is C14H24O4. The van der Waals surface area contributed by atoms with Crippen LogP contribution in [-0.4, -0.2) is 37.8 Å². The number of benzene rings is 1. The topological polar surface area (TPSA) is 55.8 Å². The lowest BCUT2D eigenvalue weighted by molar-refractivity contribution is 0.0274. The van der Waals surface area contributed by atoms with Crippen molar-refractivity contribution in [3.05, 3.63) is 35.4 Å². The first-order valence-corrected chi connectivity index (χ1v) is 5.17. The van der Waals surface area contributed by atoms with Crippen LogP contribution in [-0.2, 0) is 16.1 Å². The Morgan fingerprint density at radius 3 is 2.17 bits per heavy atom. The fourth-order valence-corrected chi connectivity index (χ4v) is 1.17. The molecule has 0 aliphatic rings. The van der Waals surface area contributed by atoms with Gasteiger partial charge in [-0.1, -0.05) is 39.1 Å². The molecule has 0 aliphatic carbocycles. The van der Waals surface area contributed by atoms with E-state index in [9.17, 15) is 4.79 Å². The van der Waals surface area contributed by atoms with E-state index >= 15 is 0 Å². The quantitative estimate of drug-likeness (QED) is 0.573. The summed E-state index contributed by atoms with van der Waals surface area (Å²) >= 11 is 0. The lowest BCUT2D eigenvalue weighted by Crippen LogP contribution is -2.07. The summed E-state index contributed by atoms with van der Waals surface area (Å²) in [6, 6.07) is 7.23. The van der Waals surface area contributed by atoms with Gasteiger partial charge in [-0.25, -0.2) is 0 Å². The molecule has 4 nitrogen and oxygen atoms in total. The second-order valence-electron chi connectivity index (χ2n) is 3.25. The minimum Gasteiger partial charge on any atom is -0.394 e. The van der Waals surface area contributed by atoms with Crippen molar-refractivity contribution >= 4 is 6.29 Å². The normalized spacial score (nSPS) is 9.17. The summed E-state index contributed by atoms with van der Waals surface area (Å²) in [4.78, 5) is 10.4. The predicted octanol–water partition coefficient (Wildman–Crippen LogP) is 2.30. The van der Waals surface area contributed by atoms with Gasteiger partial charge in [0.25, 0.3) is 0 Å². The third-order valence-electron chi connectivity index (χ3n) is 1.99. The third-order valence-corrected chi connectivity index (χ3v) is 1.99. The van der Waals surface area contributed by atoms with Crippen molar-refractivity contribution in [3.63, 3.8) is 0 Å². The molecule has 0 unspecified atom stereocenters. The molecule has 0 saturated heterocycles. The molecule has 104 valence electrons. The first kappa shape index (κ1) is 19.1. The van der Waals surface area contributed by atoms with Crippen molar-refractivity contribution in [1.29, 1.82) is 0 Å². The summed E-state index contributed by atoms with van der Waals surface area (Å²) in [5.41, 5.74) is 1.68. The maximum atomic E-state index is 10.4. The fourth-order valence-electron chi connectivity index (χ4n) is 1.17. The van der Waals surface area contributed by atoms with Crippen LogP contribution in [0.4, 0.5) is 0 Å². The van der Waals surface area contributed by atoms with Gasteiger partial charge in [-0.3, -0.25) is 4.79 Å². The Hall–Kier alpha value is -1.23. The van der Waals surface area contributed by atoms with Gasteiger partial charge in [0.1, 0.15) is 6.29 Å². The molecule has 0 aromatic heterocycles. The summed E-state index contributed by atoms with van der Waals surface area (Å²) in [5.74, 6) is 0. The number of aliphatic hydroxyl groups excluding tert-OH is 1. The average Bonchev–Trinajstić information content (AvgIpc) is 2.34. The van der Waals surface area contributed by atoms with Gasteiger partial charge >= 0.3 is 0 Å². The molecule has 0 fully saturated rings. The summed E-state index contributed by atoms with van der Waals surface area (Å²) < 4.78 is 10.4. The van der Waals surface area contributed by atoms with Crippen LogP contribution in [0, 0.1) is 0 Å². The molecule has 0 radical (unpaired) electrons. The largest absolute Gasteiger partial charge is 0.394 e. The SMILES string of the molecule is C.C.O=Cc1ccc(COCCOCCO)cc1. The van der Waals surface area contributed by atoms with Crippen molar-refractivity contribution in [2.75, 3.05) is 26.4 Å². The standard InChI is InChI=1S/C12H16O4.2CH4/c13-5-6-15-7-8-16-10-12-3-1-11(9-14)2-4-12;;/h1-4,9,13H,5-8,10H2;2*1H4. The Morgan fingerprint density at radius 2 is 1.61 bits per heavy atom. The van der Waals surface area contributed by atoms with E-state index in [0.29, 0.717) is 32.0 Å². The number of carbonyl (C=O) groups excluding carboxylic acids is 1. The Labute approximate surface area is 110 Å². The van der Waals surface area contributed by atoms with Gasteiger partial charge in [-0.2, -0.15) is 0 Å². The molecule has 0 bridgehead atoms. The number of hydrogen-bond donors (Lipinski definition) is 1. The van der Waals surface area contributed by atoms with E-state index in [1.54, 1.807) is 12.1 Å². The van der Waals surface area contributed by atoms with Gasteiger partial charge < -0.3 is 14.6 Å². The molecule has 1 rings (SSSR count). The van der Waals surface area contributed by atoms with E-state index in [-0.39, 0.29) is 21.5 Å². The van der Waals surface area contributed by atoms with Gasteiger partial charge in [0.05, 0.1) is 33.0 Å². The van der Waals surface area contributed by atoms with Crippen LogP contribution in [0.15, 0.2) is 24.3 Å². The van der Waals surface area contributed by atoms with Crippen LogP contribution >= 0.6 is 0 Å². The molecule has 0 amide bonds. The Morgan fingerprint density at radius 1 is 1.00 bits per heavy atom. The number of hydrogen-bond acceptors (Lipinski definition) is 4. The van der Waals surface area contributed by atoms with Crippen LogP contribution < -0.4 is 0 Å². The third kappa shape index (κ3) is 7.95. The zero-order valence-corrected chi connectivity index (χ0v) is 9.09. The van der Waals surface area contributed by atoms with Gasteiger partial charge in [0.15, 0.2) is 0 Å². The maximum absolute atomic E-state index is 10.4. The van der Waals surface area contributed by atoms with Crippen molar-refractivity contribution < 1.29 is 19.4 Å². The average molecular weight is 256 g/mol. The van der Waals surface area contributed by atoms with Crippen LogP contribution in [0.5, 0.6) is 0 Å². The lowest BCUT2D eigenvalue weighted by Gasteiger charge is -2.05. The van der Waals surface area contributed by atoms with Crippen LogP contribution in [0.25, 0.3) is 0 Å². The first-order valence-electron chi connectivity index (χ1n) is 5.17. The Balaban J connectivity index is 0. The molecule has 18 heavy (non-hydrogen) atoms. The number of ether oxygens (including phenoxy) is 2. The highest BCUT2D eigenvalue weighted by atomic mass is 16.5. The van der Waals surface area contributed by atoms with Crippen molar-refractivity contribution in [1.82, 2.24) is 0 Å². The highest BCUT2D eigenvalue weighted by molar-refractivity contribution is 5.74. The minimum absolute atomic E-state index is 0. The maximum Gasteiger partial charge on any atom is 0.150 e. The number of aliphatic hydroxyl groups is 1. The van der Waals surface area contributed by atoms with E-state index in [4.69, 9.17) is 14.6 Å². The molecule has 1 aromatic carbocycles. The lowest BCUT2D eigenvalue weighted by atomic mass is 10.2. The summed E-state index contributed by atoms with van der Waals surface area (Å²) in [6.45, 7) is 1.86. The predicted molar refractivity (Wildman–Crippen MR) is 72.9 cm³/mol. The number of rotatable bonds is 8. The van der Waals surface area contributed by atoms with E-state index in [0.717, 1.165) is 11.8 Å². The van der Waals surface area contributed by atoms with E-state index in [2.05, 4.69) is 0 Å². The highest BCUT2D eigenvalue weighted by Crippen LogP contribution is 2.03. The summed E-state index contributed by atoms with van der Waals surface area (Å²) in [5, 5.41) is 8.46. The fraction of sp³-hybridized carbons (Fsp3) is 0.500. The molecule has 0 saturated carbocycles. The Kier molecular flexibility index (Phi) is 13.0. The molecule has 1 aromatic rings. The van der Waals surface area contributed by atoms with Crippen molar-refractivity contribution in [3.8, 4) is 0 Å².